The SMILES string of the molecule is O=C1OCc2cc(O)ccc21.O=C1OCc2cc(Oc3ccc(C(F)(F)F)cc3Cl)ccc21. The van der Waals surface area contributed by atoms with Crippen LogP contribution in [0, 0.1) is 0 Å². The Hall–Kier alpha value is -3.72. The van der Waals surface area contributed by atoms with E-state index in [9.17, 15) is 22.8 Å². The summed E-state index contributed by atoms with van der Waals surface area (Å²) in [5.74, 6) is -0.0882. The molecule has 2 aliphatic rings. The van der Waals surface area contributed by atoms with Gasteiger partial charge in [0.25, 0.3) is 0 Å². The summed E-state index contributed by atoms with van der Waals surface area (Å²) in [6.07, 6.45) is -4.46. The van der Waals surface area contributed by atoms with Gasteiger partial charge in [-0.05, 0) is 54.6 Å². The number of rotatable bonds is 2. The van der Waals surface area contributed by atoms with Crippen LogP contribution in [-0.2, 0) is 28.9 Å². The van der Waals surface area contributed by atoms with E-state index < -0.39 is 17.7 Å². The normalized spacial score (nSPS) is 13.9. The monoisotopic (exact) mass is 478 g/mol. The lowest BCUT2D eigenvalue weighted by molar-refractivity contribution is -0.137. The summed E-state index contributed by atoms with van der Waals surface area (Å²) in [6.45, 7) is 0.425. The summed E-state index contributed by atoms with van der Waals surface area (Å²) in [7, 11) is 0. The summed E-state index contributed by atoms with van der Waals surface area (Å²) in [5.41, 5.74) is 1.58. The number of esters is 2. The molecular formula is C23H14ClF3O6. The fourth-order valence-electron chi connectivity index (χ4n) is 3.18. The number of halogens is 4. The first-order chi connectivity index (χ1) is 15.6. The zero-order chi connectivity index (χ0) is 23.8. The van der Waals surface area contributed by atoms with Crippen molar-refractivity contribution in [1.82, 2.24) is 0 Å². The summed E-state index contributed by atoms with van der Waals surface area (Å²) in [6, 6.07) is 12.1. The molecule has 0 unspecified atom stereocenters. The lowest BCUT2D eigenvalue weighted by Crippen LogP contribution is -2.04. The lowest BCUT2D eigenvalue weighted by atomic mass is 10.1. The number of alkyl halides is 3. The van der Waals surface area contributed by atoms with E-state index >= 15 is 0 Å². The molecule has 0 bridgehead atoms. The standard InChI is InChI=1S/C15H8ClF3O3.C8H6O3/c16-12-6-9(15(17,18)19)1-4-13(12)22-10-2-3-11-8(5-10)7-21-14(11)20;9-6-1-2-7-5(3-6)4-11-8(7)10/h1-6H,7H2;1-3,9H,4H2. The van der Waals surface area contributed by atoms with Crippen molar-refractivity contribution in [2.24, 2.45) is 0 Å². The van der Waals surface area contributed by atoms with Crippen LogP contribution in [0.3, 0.4) is 0 Å². The van der Waals surface area contributed by atoms with E-state index in [0.29, 0.717) is 22.4 Å². The average Bonchev–Trinajstić information content (AvgIpc) is 3.31. The lowest BCUT2D eigenvalue weighted by Gasteiger charge is -2.11. The van der Waals surface area contributed by atoms with E-state index in [1.165, 1.54) is 18.2 Å². The minimum atomic E-state index is -4.46. The molecule has 0 amide bonds. The fraction of sp³-hybridized carbons (Fsp3) is 0.130. The first-order valence-electron chi connectivity index (χ1n) is 9.45. The van der Waals surface area contributed by atoms with Crippen LogP contribution in [0.5, 0.6) is 17.2 Å². The third kappa shape index (κ3) is 4.88. The Balaban J connectivity index is 0.000000196. The molecule has 0 atom stereocenters. The van der Waals surface area contributed by atoms with Gasteiger partial charge in [0, 0.05) is 11.1 Å². The van der Waals surface area contributed by atoms with Gasteiger partial charge in [-0.15, -0.1) is 0 Å². The molecule has 2 aliphatic heterocycles. The highest BCUT2D eigenvalue weighted by Gasteiger charge is 2.31. The minimum absolute atomic E-state index is 0.0971. The van der Waals surface area contributed by atoms with Crippen molar-refractivity contribution in [3.05, 3.63) is 87.4 Å². The van der Waals surface area contributed by atoms with E-state index in [1.54, 1.807) is 18.2 Å². The third-order valence-corrected chi connectivity index (χ3v) is 5.11. The number of ether oxygens (including phenoxy) is 3. The first kappa shape index (κ1) is 22.5. The van der Waals surface area contributed by atoms with Crippen molar-refractivity contribution in [3.8, 4) is 17.2 Å². The van der Waals surface area contributed by atoms with Crippen molar-refractivity contribution in [2.75, 3.05) is 0 Å². The molecule has 5 rings (SSSR count). The van der Waals surface area contributed by atoms with Gasteiger partial charge in [-0.25, -0.2) is 9.59 Å². The Morgan fingerprint density at radius 2 is 1.45 bits per heavy atom. The molecule has 3 aromatic rings. The first-order valence-corrected chi connectivity index (χ1v) is 9.83. The number of carbonyl (C=O) groups excluding carboxylic acids is 2. The van der Waals surface area contributed by atoms with Crippen molar-refractivity contribution < 1.29 is 42.1 Å². The van der Waals surface area contributed by atoms with Gasteiger partial charge >= 0.3 is 18.1 Å². The second-order valence-corrected chi connectivity index (χ2v) is 7.46. The van der Waals surface area contributed by atoms with Gasteiger partial charge in [-0.2, -0.15) is 13.2 Å². The number of phenolic OH excluding ortho intramolecular Hbond substituents is 1. The molecule has 6 nitrogen and oxygen atoms in total. The molecule has 2 heterocycles. The zero-order valence-corrected chi connectivity index (χ0v) is 17.4. The number of cyclic esters (lactones) is 2. The van der Waals surface area contributed by atoms with Gasteiger partial charge in [-0.1, -0.05) is 11.6 Å². The quantitative estimate of drug-likeness (QED) is 0.463. The Kier molecular flexibility index (Phi) is 5.90. The van der Waals surface area contributed by atoms with Crippen LogP contribution in [0.2, 0.25) is 5.02 Å². The van der Waals surface area contributed by atoms with Crippen LogP contribution in [0.4, 0.5) is 13.2 Å². The highest BCUT2D eigenvalue weighted by molar-refractivity contribution is 6.32. The van der Waals surface area contributed by atoms with E-state index in [0.717, 1.165) is 23.8 Å². The highest BCUT2D eigenvalue weighted by Crippen LogP contribution is 2.37. The minimum Gasteiger partial charge on any atom is -0.508 e. The van der Waals surface area contributed by atoms with E-state index in [4.69, 9.17) is 30.9 Å². The van der Waals surface area contributed by atoms with E-state index in [1.807, 2.05) is 0 Å². The topological polar surface area (TPSA) is 82.1 Å². The summed E-state index contributed by atoms with van der Waals surface area (Å²) >= 11 is 5.82. The smallest absolute Gasteiger partial charge is 0.416 e. The van der Waals surface area contributed by atoms with Crippen LogP contribution < -0.4 is 4.74 Å². The van der Waals surface area contributed by atoms with Gasteiger partial charge in [0.05, 0.1) is 21.7 Å². The molecule has 1 N–H and O–H groups in total. The van der Waals surface area contributed by atoms with Crippen LogP contribution in [-0.4, -0.2) is 17.0 Å². The van der Waals surface area contributed by atoms with Crippen LogP contribution >= 0.6 is 11.6 Å². The Bertz CT molecular complexity index is 1260. The zero-order valence-electron chi connectivity index (χ0n) is 16.6. The molecule has 0 saturated carbocycles. The van der Waals surface area contributed by atoms with Crippen LogP contribution in [0.1, 0.15) is 37.4 Å². The largest absolute Gasteiger partial charge is 0.508 e. The van der Waals surface area contributed by atoms with Gasteiger partial charge in [0.15, 0.2) is 0 Å². The molecule has 170 valence electrons. The molecule has 0 radical (unpaired) electrons. The van der Waals surface area contributed by atoms with E-state index in [2.05, 4.69) is 0 Å². The second-order valence-electron chi connectivity index (χ2n) is 7.06. The van der Waals surface area contributed by atoms with Crippen LogP contribution in [0.15, 0.2) is 54.6 Å². The number of hydrogen-bond acceptors (Lipinski definition) is 6. The number of benzene rings is 3. The Labute approximate surface area is 190 Å². The van der Waals surface area contributed by atoms with Crippen molar-refractivity contribution in [1.29, 1.82) is 0 Å². The Morgan fingerprint density at radius 3 is 2.06 bits per heavy atom. The summed E-state index contributed by atoms with van der Waals surface area (Å²) in [4.78, 5) is 22.2. The summed E-state index contributed by atoms with van der Waals surface area (Å²) < 4.78 is 52.8. The third-order valence-electron chi connectivity index (χ3n) is 4.81. The number of carbonyl (C=O) groups is 2. The highest BCUT2D eigenvalue weighted by atomic mass is 35.5. The predicted molar refractivity (Wildman–Crippen MR) is 109 cm³/mol. The molecule has 3 aromatic carbocycles. The molecule has 0 aliphatic carbocycles. The molecule has 0 aromatic heterocycles. The number of fused-ring (bicyclic) bond motifs is 2. The maximum atomic E-state index is 12.6. The Morgan fingerprint density at radius 1 is 0.848 bits per heavy atom. The van der Waals surface area contributed by atoms with Crippen molar-refractivity contribution in [3.63, 3.8) is 0 Å². The summed E-state index contributed by atoms with van der Waals surface area (Å²) in [5, 5.41) is 8.87. The van der Waals surface area contributed by atoms with Crippen molar-refractivity contribution in [2.45, 2.75) is 19.4 Å². The fourth-order valence-corrected chi connectivity index (χ4v) is 3.40. The molecule has 33 heavy (non-hydrogen) atoms. The maximum absolute atomic E-state index is 12.6. The van der Waals surface area contributed by atoms with Gasteiger partial charge in [0.2, 0.25) is 0 Å². The maximum Gasteiger partial charge on any atom is 0.416 e. The van der Waals surface area contributed by atoms with E-state index in [-0.39, 0.29) is 35.7 Å². The number of phenols is 1. The average molecular weight is 479 g/mol. The second kappa shape index (κ2) is 8.67. The predicted octanol–water partition coefficient (Wildman–Crippen LogP) is 5.88. The molecule has 0 spiro atoms. The molecule has 10 heteroatoms. The number of hydrogen-bond donors (Lipinski definition) is 1. The molecular weight excluding hydrogens is 465 g/mol. The number of aromatic hydroxyl groups is 1. The van der Waals surface area contributed by atoms with Gasteiger partial charge in [-0.3, -0.25) is 0 Å². The molecule has 0 fully saturated rings. The van der Waals surface area contributed by atoms with Gasteiger partial charge < -0.3 is 19.3 Å². The van der Waals surface area contributed by atoms with Crippen LogP contribution in [0.25, 0.3) is 0 Å². The molecule has 0 saturated heterocycles. The van der Waals surface area contributed by atoms with Crippen molar-refractivity contribution >= 4 is 23.5 Å². The van der Waals surface area contributed by atoms with Gasteiger partial charge in [0.1, 0.15) is 30.5 Å².